The Kier molecular flexibility index (Phi) is 7.06. The molecule has 5 heteroatoms. The lowest BCUT2D eigenvalue weighted by Crippen LogP contribution is -2.27. The summed E-state index contributed by atoms with van der Waals surface area (Å²) in [6.07, 6.45) is 3.68. The zero-order valence-electron chi connectivity index (χ0n) is 10.4. The van der Waals surface area contributed by atoms with Crippen molar-refractivity contribution in [1.82, 2.24) is 4.90 Å². The van der Waals surface area contributed by atoms with Crippen LogP contribution in [0, 0.1) is 11.3 Å². The largest absolute Gasteiger partial charge is 0.377 e. The van der Waals surface area contributed by atoms with Crippen LogP contribution in [0.3, 0.4) is 0 Å². The highest BCUT2D eigenvalue weighted by Crippen LogP contribution is 2.17. The molecule has 0 aromatic rings. The number of carbonyl (C=O) groups excluding carboxylic acids is 1. The van der Waals surface area contributed by atoms with E-state index in [9.17, 15) is 4.79 Å². The molecule has 1 atom stereocenters. The van der Waals surface area contributed by atoms with Gasteiger partial charge in [0.1, 0.15) is 0 Å². The first-order chi connectivity index (χ1) is 8.24. The molecular weight excluding hydrogens is 236 g/mol. The first kappa shape index (κ1) is 14.3. The van der Waals surface area contributed by atoms with E-state index in [2.05, 4.69) is 0 Å². The second kappa shape index (κ2) is 8.37. The summed E-state index contributed by atoms with van der Waals surface area (Å²) in [7, 11) is 1.75. The van der Waals surface area contributed by atoms with E-state index < -0.39 is 0 Å². The molecular formula is C12H20N2O2S. The summed E-state index contributed by atoms with van der Waals surface area (Å²) in [5, 5.41) is 8.43. The Morgan fingerprint density at radius 2 is 2.47 bits per heavy atom. The minimum absolute atomic E-state index is 0.125. The molecule has 0 N–H and O–H groups in total. The normalized spacial score (nSPS) is 18.9. The van der Waals surface area contributed by atoms with Crippen molar-refractivity contribution in [2.75, 3.05) is 31.7 Å². The van der Waals surface area contributed by atoms with Gasteiger partial charge in [-0.3, -0.25) is 4.79 Å². The van der Waals surface area contributed by atoms with Crippen LogP contribution in [0.2, 0.25) is 0 Å². The van der Waals surface area contributed by atoms with Gasteiger partial charge in [0.2, 0.25) is 5.91 Å². The van der Waals surface area contributed by atoms with Crippen LogP contribution < -0.4 is 0 Å². The van der Waals surface area contributed by atoms with Crippen LogP contribution in [-0.2, 0) is 9.53 Å². The summed E-state index contributed by atoms with van der Waals surface area (Å²) in [5.41, 5.74) is 0. The van der Waals surface area contributed by atoms with Crippen molar-refractivity contribution >= 4 is 17.7 Å². The van der Waals surface area contributed by atoms with Crippen LogP contribution in [-0.4, -0.2) is 48.6 Å². The molecule has 0 bridgehead atoms. The van der Waals surface area contributed by atoms with Crippen LogP contribution >= 0.6 is 11.8 Å². The van der Waals surface area contributed by atoms with E-state index in [0.717, 1.165) is 24.5 Å². The molecule has 96 valence electrons. The van der Waals surface area contributed by atoms with Crippen molar-refractivity contribution in [2.24, 2.45) is 0 Å². The molecule has 17 heavy (non-hydrogen) atoms. The van der Waals surface area contributed by atoms with Gasteiger partial charge in [-0.15, -0.1) is 0 Å². The summed E-state index contributed by atoms with van der Waals surface area (Å²) in [5.74, 6) is 1.96. The second-order valence-corrected chi connectivity index (χ2v) is 5.33. The van der Waals surface area contributed by atoms with Gasteiger partial charge in [0.15, 0.2) is 0 Å². The average Bonchev–Trinajstić information content (AvgIpc) is 2.84. The quantitative estimate of drug-likeness (QED) is 0.650. The summed E-state index contributed by atoms with van der Waals surface area (Å²) >= 11 is 1.78. The molecule has 0 aromatic heterocycles. The molecule has 1 unspecified atom stereocenters. The number of rotatable bonds is 7. The fourth-order valence-corrected chi connectivity index (χ4v) is 2.69. The molecule has 1 aliphatic heterocycles. The molecule has 4 nitrogen and oxygen atoms in total. The van der Waals surface area contributed by atoms with Gasteiger partial charge < -0.3 is 9.64 Å². The highest BCUT2D eigenvalue weighted by Gasteiger charge is 2.15. The van der Waals surface area contributed by atoms with Gasteiger partial charge in [0.25, 0.3) is 0 Å². The van der Waals surface area contributed by atoms with Crippen molar-refractivity contribution in [1.29, 1.82) is 5.26 Å². The van der Waals surface area contributed by atoms with E-state index in [1.165, 1.54) is 6.42 Å². The van der Waals surface area contributed by atoms with Gasteiger partial charge in [-0.2, -0.15) is 17.0 Å². The van der Waals surface area contributed by atoms with Gasteiger partial charge in [-0.1, -0.05) is 0 Å². The Labute approximate surface area is 107 Å². The first-order valence-electron chi connectivity index (χ1n) is 6.04. The molecule has 0 saturated carbocycles. The van der Waals surface area contributed by atoms with Crippen LogP contribution in [0.1, 0.15) is 25.7 Å². The van der Waals surface area contributed by atoms with Crippen molar-refractivity contribution in [3.05, 3.63) is 0 Å². The molecule has 0 aromatic carbocycles. The Morgan fingerprint density at radius 1 is 1.65 bits per heavy atom. The predicted molar refractivity (Wildman–Crippen MR) is 68.8 cm³/mol. The van der Waals surface area contributed by atoms with Crippen molar-refractivity contribution in [3.8, 4) is 6.07 Å². The van der Waals surface area contributed by atoms with Crippen LogP contribution in [0.4, 0.5) is 0 Å². The Hall–Kier alpha value is -0.730. The van der Waals surface area contributed by atoms with E-state index in [1.54, 1.807) is 23.7 Å². The van der Waals surface area contributed by atoms with Crippen molar-refractivity contribution < 1.29 is 9.53 Å². The maximum atomic E-state index is 11.6. The smallest absolute Gasteiger partial charge is 0.223 e. The first-order valence-corrected chi connectivity index (χ1v) is 7.19. The topological polar surface area (TPSA) is 53.3 Å². The number of hydrogen-bond donors (Lipinski definition) is 0. The molecule has 1 rings (SSSR count). The molecule has 0 radical (unpaired) electrons. The van der Waals surface area contributed by atoms with Gasteiger partial charge >= 0.3 is 0 Å². The highest BCUT2D eigenvalue weighted by molar-refractivity contribution is 7.99. The molecule has 0 spiro atoms. The van der Waals surface area contributed by atoms with Gasteiger partial charge in [-0.25, -0.2) is 0 Å². The Morgan fingerprint density at radius 3 is 3.12 bits per heavy atom. The second-order valence-electron chi connectivity index (χ2n) is 4.18. The van der Waals surface area contributed by atoms with Crippen molar-refractivity contribution in [2.45, 2.75) is 31.8 Å². The number of thioether (sulfide) groups is 1. The molecule has 1 aliphatic rings. The number of ether oxygens (including phenoxy) is 1. The Bertz CT molecular complexity index is 272. The van der Waals surface area contributed by atoms with E-state index >= 15 is 0 Å². The number of nitriles is 1. The number of amides is 1. The van der Waals surface area contributed by atoms with E-state index in [4.69, 9.17) is 10.00 Å². The molecule has 1 heterocycles. The summed E-state index contributed by atoms with van der Waals surface area (Å²) in [4.78, 5) is 13.3. The third-order valence-corrected chi connectivity index (χ3v) is 3.87. The fourth-order valence-electron chi connectivity index (χ4n) is 1.68. The third-order valence-electron chi connectivity index (χ3n) is 2.77. The lowest BCUT2D eigenvalue weighted by Gasteiger charge is -2.15. The molecule has 1 amide bonds. The minimum Gasteiger partial charge on any atom is -0.377 e. The third kappa shape index (κ3) is 5.94. The van der Waals surface area contributed by atoms with E-state index in [-0.39, 0.29) is 5.91 Å². The van der Waals surface area contributed by atoms with Crippen LogP contribution in [0.25, 0.3) is 0 Å². The maximum absolute atomic E-state index is 11.6. The van der Waals surface area contributed by atoms with Crippen LogP contribution in [0.5, 0.6) is 0 Å². The minimum atomic E-state index is 0.125. The SMILES string of the molecule is CN(CCC#N)C(=O)CCSCC1CCCO1. The number of nitrogens with zero attached hydrogens (tertiary/aromatic N) is 2. The monoisotopic (exact) mass is 256 g/mol. The van der Waals surface area contributed by atoms with Crippen molar-refractivity contribution in [3.63, 3.8) is 0 Å². The number of carbonyl (C=O) groups is 1. The average molecular weight is 256 g/mol. The lowest BCUT2D eigenvalue weighted by molar-refractivity contribution is -0.129. The van der Waals surface area contributed by atoms with E-state index in [0.29, 0.717) is 25.5 Å². The standard InChI is InChI=1S/C12H20N2O2S/c1-14(7-3-6-13)12(15)5-9-17-10-11-4-2-8-16-11/h11H,2-5,7-10H2,1H3. The predicted octanol–water partition coefficient (Wildman–Crippen LogP) is 1.66. The highest BCUT2D eigenvalue weighted by atomic mass is 32.2. The summed E-state index contributed by atoms with van der Waals surface area (Å²) in [6.45, 7) is 1.42. The zero-order valence-corrected chi connectivity index (χ0v) is 11.2. The van der Waals surface area contributed by atoms with Crippen LogP contribution in [0.15, 0.2) is 0 Å². The van der Waals surface area contributed by atoms with Gasteiger partial charge in [0.05, 0.1) is 18.6 Å². The van der Waals surface area contributed by atoms with E-state index in [1.807, 2.05) is 6.07 Å². The zero-order chi connectivity index (χ0) is 12.5. The Balaban J connectivity index is 2.01. The molecule has 1 fully saturated rings. The summed E-state index contributed by atoms with van der Waals surface area (Å²) in [6, 6.07) is 2.04. The maximum Gasteiger partial charge on any atom is 0.223 e. The number of hydrogen-bond acceptors (Lipinski definition) is 4. The molecule has 1 saturated heterocycles. The fraction of sp³-hybridized carbons (Fsp3) is 0.833. The van der Waals surface area contributed by atoms with Gasteiger partial charge in [0, 0.05) is 38.1 Å². The lowest BCUT2D eigenvalue weighted by atomic mass is 10.3. The molecule has 0 aliphatic carbocycles. The van der Waals surface area contributed by atoms with Gasteiger partial charge in [-0.05, 0) is 12.8 Å². The summed E-state index contributed by atoms with van der Waals surface area (Å²) < 4.78 is 5.51.